The summed E-state index contributed by atoms with van der Waals surface area (Å²) < 4.78 is 44.0. The van der Waals surface area contributed by atoms with E-state index in [1.54, 1.807) is 29.2 Å². The predicted octanol–water partition coefficient (Wildman–Crippen LogP) is 1.59. The maximum Gasteiger partial charge on any atom is 0.401 e. The van der Waals surface area contributed by atoms with Gasteiger partial charge < -0.3 is 20.7 Å². The molecule has 0 bridgehead atoms. The fraction of sp³-hybridized carbons (Fsp3) is 0.579. The molecule has 160 valence electrons. The van der Waals surface area contributed by atoms with Gasteiger partial charge in [0.25, 0.3) is 5.91 Å². The Bertz CT molecular complexity index is 722. The summed E-state index contributed by atoms with van der Waals surface area (Å²) in [6.45, 7) is -0.281. The summed E-state index contributed by atoms with van der Waals surface area (Å²) in [7, 11) is 0. The Kier molecular flexibility index (Phi) is 6.76. The summed E-state index contributed by atoms with van der Waals surface area (Å²) in [5.41, 5.74) is 6.75. The van der Waals surface area contributed by atoms with Crippen LogP contribution in [0.25, 0.3) is 0 Å². The van der Waals surface area contributed by atoms with Gasteiger partial charge in [-0.25, -0.2) is 0 Å². The summed E-state index contributed by atoms with van der Waals surface area (Å²) in [5, 5.41) is 2.64. The van der Waals surface area contributed by atoms with Crippen molar-refractivity contribution in [3.63, 3.8) is 0 Å². The highest BCUT2D eigenvalue weighted by molar-refractivity contribution is 5.97. The summed E-state index contributed by atoms with van der Waals surface area (Å²) in [5.74, 6) is -0.545. The monoisotopic (exact) mass is 414 g/mol. The molecule has 1 atom stereocenters. The standard InChI is InChI=1S/C19H25F3N4O3/c20-19(21,22)12-25(10-13-1-2-13)16(9-23)18(28)24-14-3-5-15(6-4-14)26-7-8-29-11-17(26)27/h3-6,13,16H,1-2,7-12,23H2,(H,24,28)/t16-/m1/s1. The number of rotatable bonds is 8. The van der Waals surface area contributed by atoms with E-state index in [2.05, 4.69) is 5.32 Å². The van der Waals surface area contributed by atoms with Crippen LogP contribution < -0.4 is 16.0 Å². The molecule has 3 rings (SSSR count). The minimum atomic E-state index is -4.41. The highest BCUT2D eigenvalue weighted by Crippen LogP contribution is 2.31. The smallest absolute Gasteiger partial charge is 0.370 e. The lowest BCUT2D eigenvalue weighted by molar-refractivity contribution is -0.154. The predicted molar refractivity (Wildman–Crippen MR) is 101 cm³/mol. The topological polar surface area (TPSA) is 87.9 Å². The van der Waals surface area contributed by atoms with Gasteiger partial charge in [0.05, 0.1) is 13.2 Å². The van der Waals surface area contributed by atoms with E-state index in [1.165, 1.54) is 0 Å². The maximum absolute atomic E-state index is 13.0. The number of carbonyl (C=O) groups is 2. The van der Waals surface area contributed by atoms with Crippen LogP contribution in [-0.4, -0.2) is 68.3 Å². The van der Waals surface area contributed by atoms with Crippen LogP contribution in [0.3, 0.4) is 0 Å². The van der Waals surface area contributed by atoms with Crippen molar-refractivity contribution in [1.29, 1.82) is 0 Å². The van der Waals surface area contributed by atoms with Crippen LogP contribution in [0.2, 0.25) is 0 Å². The molecule has 1 aromatic carbocycles. The minimum absolute atomic E-state index is 0.0205. The van der Waals surface area contributed by atoms with Gasteiger partial charge in [0.15, 0.2) is 0 Å². The van der Waals surface area contributed by atoms with Crippen molar-refractivity contribution >= 4 is 23.2 Å². The zero-order chi connectivity index (χ0) is 21.0. The largest absolute Gasteiger partial charge is 0.401 e. The van der Waals surface area contributed by atoms with E-state index in [4.69, 9.17) is 10.5 Å². The molecule has 1 aliphatic heterocycles. The highest BCUT2D eigenvalue weighted by Gasteiger charge is 2.38. The molecule has 1 aliphatic carbocycles. The number of hydrogen-bond acceptors (Lipinski definition) is 5. The Hall–Kier alpha value is -2.17. The van der Waals surface area contributed by atoms with Gasteiger partial charge in [-0.1, -0.05) is 0 Å². The lowest BCUT2D eigenvalue weighted by atomic mass is 10.2. The number of nitrogens with zero attached hydrogens (tertiary/aromatic N) is 2. The minimum Gasteiger partial charge on any atom is -0.370 e. The second-order valence-electron chi connectivity index (χ2n) is 7.37. The molecule has 1 saturated heterocycles. The molecule has 2 aliphatic rings. The third kappa shape index (κ3) is 6.15. The van der Waals surface area contributed by atoms with E-state index < -0.39 is 24.7 Å². The molecule has 3 N–H and O–H groups in total. The number of halogens is 3. The first-order chi connectivity index (χ1) is 13.8. The van der Waals surface area contributed by atoms with Gasteiger partial charge in [0, 0.05) is 31.0 Å². The number of nitrogens with one attached hydrogen (secondary N) is 1. The molecule has 1 aromatic rings. The van der Waals surface area contributed by atoms with Crippen LogP contribution >= 0.6 is 0 Å². The van der Waals surface area contributed by atoms with Crippen LogP contribution in [0.4, 0.5) is 24.5 Å². The highest BCUT2D eigenvalue weighted by atomic mass is 19.4. The molecule has 29 heavy (non-hydrogen) atoms. The molecular formula is C19H25F3N4O3. The van der Waals surface area contributed by atoms with Crippen molar-refractivity contribution in [2.75, 3.05) is 49.6 Å². The van der Waals surface area contributed by atoms with E-state index >= 15 is 0 Å². The van der Waals surface area contributed by atoms with E-state index in [1.807, 2.05) is 0 Å². The number of amides is 2. The summed E-state index contributed by atoms with van der Waals surface area (Å²) in [6.07, 6.45) is -2.67. The zero-order valence-electron chi connectivity index (χ0n) is 16.0. The number of nitrogens with two attached hydrogens (primary N) is 1. The second-order valence-corrected chi connectivity index (χ2v) is 7.37. The molecule has 2 amide bonds. The Morgan fingerprint density at radius 2 is 2.00 bits per heavy atom. The number of hydrogen-bond donors (Lipinski definition) is 2. The molecule has 10 heteroatoms. The maximum atomic E-state index is 13.0. The van der Waals surface area contributed by atoms with Gasteiger partial charge in [-0.15, -0.1) is 0 Å². The molecule has 0 aromatic heterocycles. The molecule has 1 saturated carbocycles. The SMILES string of the molecule is NC[C@H](C(=O)Nc1ccc(N2CCOCC2=O)cc1)N(CC1CC1)CC(F)(F)F. The lowest BCUT2D eigenvalue weighted by Crippen LogP contribution is -2.52. The lowest BCUT2D eigenvalue weighted by Gasteiger charge is -2.30. The molecular weight excluding hydrogens is 389 g/mol. The third-order valence-corrected chi connectivity index (χ3v) is 4.97. The summed E-state index contributed by atoms with van der Waals surface area (Å²) in [4.78, 5) is 27.2. The Morgan fingerprint density at radius 1 is 1.31 bits per heavy atom. The van der Waals surface area contributed by atoms with Gasteiger partial charge in [-0.3, -0.25) is 14.5 Å². The number of anilines is 2. The normalized spacial score (nSPS) is 18.8. The molecule has 1 heterocycles. The number of ether oxygens (including phenoxy) is 1. The van der Waals surface area contributed by atoms with Crippen LogP contribution in [0.5, 0.6) is 0 Å². The van der Waals surface area contributed by atoms with Crippen molar-refractivity contribution in [3.8, 4) is 0 Å². The average molecular weight is 414 g/mol. The molecule has 7 nitrogen and oxygen atoms in total. The fourth-order valence-corrected chi connectivity index (χ4v) is 3.33. The van der Waals surface area contributed by atoms with Gasteiger partial charge in [-0.05, 0) is 43.0 Å². The van der Waals surface area contributed by atoms with Gasteiger partial charge >= 0.3 is 6.18 Å². The van der Waals surface area contributed by atoms with Crippen LogP contribution in [0.15, 0.2) is 24.3 Å². The van der Waals surface area contributed by atoms with Gasteiger partial charge in [0.2, 0.25) is 5.91 Å². The van der Waals surface area contributed by atoms with Crippen molar-refractivity contribution < 1.29 is 27.5 Å². The number of morpholine rings is 1. The number of alkyl halides is 3. The van der Waals surface area contributed by atoms with Crippen LogP contribution in [-0.2, 0) is 14.3 Å². The molecule has 0 unspecified atom stereocenters. The Labute approximate surface area is 167 Å². The first kappa shape index (κ1) is 21.5. The average Bonchev–Trinajstić information content (AvgIpc) is 3.46. The number of carbonyl (C=O) groups excluding carboxylic acids is 2. The summed E-state index contributed by atoms with van der Waals surface area (Å²) in [6, 6.07) is 5.50. The zero-order valence-corrected chi connectivity index (χ0v) is 16.0. The molecule has 0 spiro atoms. The fourth-order valence-electron chi connectivity index (χ4n) is 3.33. The van der Waals surface area contributed by atoms with Crippen LogP contribution in [0, 0.1) is 5.92 Å². The molecule has 2 fully saturated rings. The van der Waals surface area contributed by atoms with E-state index in [0.29, 0.717) is 24.5 Å². The number of benzene rings is 1. The van der Waals surface area contributed by atoms with Gasteiger partial charge in [-0.2, -0.15) is 13.2 Å². The second kappa shape index (κ2) is 9.10. The Morgan fingerprint density at radius 3 is 2.55 bits per heavy atom. The first-order valence-corrected chi connectivity index (χ1v) is 9.57. The molecule has 0 radical (unpaired) electrons. The third-order valence-electron chi connectivity index (χ3n) is 4.97. The quantitative estimate of drug-likeness (QED) is 0.675. The van der Waals surface area contributed by atoms with Crippen molar-refractivity contribution in [2.45, 2.75) is 25.1 Å². The van der Waals surface area contributed by atoms with Crippen molar-refractivity contribution in [1.82, 2.24) is 4.90 Å². The van der Waals surface area contributed by atoms with E-state index in [9.17, 15) is 22.8 Å². The van der Waals surface area contributed by atoms with Crippen molar-refractivity contribution in [2.24, 2.45) is 11.7 Å². The van der Waals surface area contributed by atoms with Gasteiger partial charge in [0.1, 0.15) is 12.6 Å². The van der Waals surface area contributed by atoms with E-state index in [-0.39, 0.29) is 31.5 Å². The first-order valence-electron chi connectivity index (χ1n) is 9.57. The van der Waals surface area contributed by atoms with E-state index in [0.717, 1.165) is 17.7 Å². The van der Waals surface area contributed by atoms with Crippen LogP contribution in [0.1, 0.15) is 12.8 Å². The summed E-state index contributed by atoms with van der Waals surface area (Å²) >= 11 is 0. The van der Waals surface area contributed by atoms with Crippen molar-refractivity contribution in [3.05, 3.63) is 24.3 Å². The Balaban J connectivity index is 1.65.